The van der Waals surface area contributed by atoms with Gasteiger partial charge in [-0.1, -0.05) is 13.8 Å². The molecule has 0 saturated heterocycles. The lowest BCUT2D eigenvalue weighted by molar-refractivity contribution is -0.138. The quantitative estimate of drug-likeness (QED) is 0.691. The summed E-state index contributed by atoms with van der Waals surface area (Å²) in [6.45, 7) is 5.58. The molecule has 0 radical (unpaired) electrons. The first-order valence-corrected chi connectivity index (χ1v) is 4.63. The van der Waals surface area contributed by atoms with Gasteiger partial charge in [0.2, 0.25) is 0 Å². The summed E-state index contributed by atoms with van der Waals surface area (Å²) in [6.07, 6.45) is 1.31. The molecule has 0 aliphatic heterocycles. The Morgan fingerprint density at radius 3 is 2.08 bits per heavy atom. The number of aliphatic carboxylic acids is 1. The van der Waals surface area contributed by atoms with Crippen molar-refractivity contribution in [1.29, 1.82) is 0 Å². The molecule has 76 valence electrons. The molecule has 0 aliphatic rings. The number of hydrogen-bond donors (Lipinski definition) is 1. The van der Waals surface area contributed by atoms with Gasteiger partial charge in [-0.25, -0.2) is 0 Å². The van der Waals surface area contributed by atoms with Crippen molar-refractivity contribution in [1.82, 2.24) is 0 Å². The molecule has 0 aromatic heterocycles. The van der Waals surface area contributed by atoms with E-state index >= 15 is 0 Å². The molecular formula is C10H18O3. The molecule has 0 spiro atoms. The molecule has 0 heterocycles. The Kier molecular flexibility index (Phi) is 5.35. The Hall–Kier alpha value is -0.860. The monoisotopic (exact) mass is 186 g/mol. The normalized spacial score (nSPS) is 12.9. The van der Waals surface area contributed by atoms with E-state index in [0.717, 1.165) is 6.42 Å². The zero-order valence-corrected chi connectivity index (χ0v) is 8.54. The number of carbonyl (C=O) groups is 2. The average Bonchev–Trinajstić information content (AvgIpc) is 1.80. The Labute approximate surface area is 79.1 Å². The Balaban J connectivity index is 4.02. The van der Waals surface area contributed by atoms with Crippen LogP contribution in [0.3, 0.4) is 0 Å². The molecular weight excluding hydrogens is 168 g/mol. The van der Waals surface area contributed by atoms with Gasteiger partial charge >= 0.3 is 5.97 Å². The molecule has 13 heavy (non-hydrogen) atoms. The largest absolute Gasteiger partial charge is 0.481 e. The van der Waals surface area contributed by atoms with E-state index in [1.165, 1.54) is 6.92 Å². The standard InChI is InChI=1S/C10H18O3/c1-7(2)4-9(5-8(3)11)6-10(12)13/h7,9H,4-6H2,1-3H3,(H,12,13)/t9-/m1/s1. The van der Waals surface area contributed by atoms with Gasteiger partial charge in [0.1, 0.15) is 5.78 Å². The van der Waals surface area contributed by atoms with E-state index in [1.807, 2.05) is 13.8 Å². The first kappa shape index (κ1) is 12.1. The van der Waals surface area contributed by atoms with Crippen LogP contribution in [0.4, 0.5) is 0 Å². The third kappa shape index (κ3) is 7.50. The van der Waals surface area contributed by atoms with Gasteiger partial charge in [-0.2, -0.15) is 0 Å². The van der Waals surface area contributed by atoms with Crippen LogP contribution in [0, 0.1) is 11.8 Å². The lowest BCUT2D eigenvalue weighted by Gasteiger charge is -2.14. The molecule has 3 heteroatoms. The fourth-order valence-electron chi connectivity index (χ4n) is 1.56. The fourth-order valence-corrected chi connectivity index (χ4v) is 1.56. The van der Waals surface area contributed by atoms with Crippen molar-refractivity contribution < 1.29 is 14.7 Å². The molecule has 0 amide bonds. The number of carboxylic acids is 1. The van der Waals surface area contributed by atoms with E-state index in [9.17, 15) is 9.59 Å². The van der Waals surface area contributed by atoms with Gasteiger partial charge in [0.25, 0.3) is 0 Å². The highest BCUT2D eigenvalue weighted by Gasteiger charge is 2.16. The van der Waals surface area contributed by atoms with Gasteiger partial charge in [0.15, 0.2) is 0 Å². The first-order chi connectivity index (χ1) is 5.91. The van der Waals surface area contributed by atoms with Crippen molar-refractivity contribution in [3.8, 4) is 0 Å². The predicted molar refractivity (Wildman–Crippen MR) is 50.5 cm³/mol. The van der Waals surface area contributed by atoms with Crippen LogP contribution in [0.25, 0.3) is 0 Å². The number of carbonyl (C=O) groups excluding carboxylic acids is 1. The van der Waals surface area contributed by atoms with E-state index in [-0.39, 0.29) is 18.1 Å². The average molecular weight is 186 g/mol. The van der Waals surface area contributed by atoms with Crippen LogP contribution in [-0.4, -0.2) is 16.9 Å². The van der Waals surface area contributed by atoms with Crippen molar-refractivity contribution >= 4 is 11.8 Å². The number of rotatable bonds is 6. The third-order valence-electron chi connectivity index (χ3n) is 1.84. The summed E-state index contributed by atoms with van der Waals surface area (Å²) in [6, 6.07) is 0. The molecule has 1 N–H and O–H groups in total. The Morgan fingerprint density at radius 1 is 1.23 bits per heavy atom. The van der Waals surface area contributed by atoms with Gasteiger partial charge in [-0.3, -0.25) is 4.79 Å². The summed E-state index contributed by atoms with van der Waals surface area (Å²) >= 11 is 0. The second-order valence-electron chi connectivity index (χ2n) is 4.00. The summed E-state index contributed by atoms with van der Waals surface area (Å²) in [5.41, 5.74) is 0. The Bertz CT molecular complexity index is 169. The summed E-state index contributed by atoms with van der Waals surface area (Å²) in [4.78, 5) is 21.3. The highest BCUT2D eigenvalue weighted by atomic mass is 16.4. The number of hydrogen-bond acceptors (Lipinski definition) is 2. The zero-order chi connectivity index (χ0) is 10.4. The van der Waals surface area contributed by atoms with Crippen molar-refractivity contribution in [2.24, 2.45) is 11.8 Å². The first-order valence-electron chi connectivity index (χ1n) is 4.63. The number of Topliss-reactive ketones (excluding diaryl/α,β-unsaturated/α-hetero) is 1. The molecule has 0 unspecified atom stereocenters. The molecule has 0 aromatic carbocycles. The molecule has 0 aromatic rings. The van der Waals surface area contributed by atoms with Crippen LogP contribution < -0.4 is 0 Å². The number of ketones is 1. The van der Waals surface area contributed by atoms with Crippen LogP contribution >= 0.6 is 0 Å². The summed E-state index contributed by atoms with van der Waals surface area (Å²) < 4.78 is 0. The van der Waals surface area contributed by atoms with E-state index in [0.29, 0.717) is 12.3 Å². The maximum absolute atomic E-state index is 10.8. The minimum Gasteiger partial charge on any atom is -0.481 e. The highest BCUT2D eigenvalue weighted by Crippen LogP contribution is 2.19. The predicted octanol–water partition coefficient (Wildman–Crippen LogP) is 2.10. The second-order valence-corrected chi connectivity index (χ2v) is 4.00. The smallest absolute Gasteiger partial charge is 0.303 e. The molecule has 1 atom stereocenters. The Morgan fingerprint density at radius 2 is 1.77 bits per heavy atom. The topological polar surface area (TPSA) is 54.4 Å². The molecule has 0 bridgehead atoms. The van der Waals surface area contributed by atoms with Crippen LogP contribution in [0.15, 0.2) is 0 Å². The van der Waals surface area contributed by atoms with Gasteiger partial charge in [-0.05, 0) is 25.2 Å². The number of carboxylic acid groups (broad SMARTS) is 1. The van der Waals surface area contributed by atoms with Gasteiger partial charge in [0, 0.05) is 12.8 Å². The van der Waals surface area contributed by atoms with E-state index < -0.39 is 5.97 Å². The van der Waals surface area contributed by atoms with Crippen molar-refractivity contribution in [2.75, 3.05) is 0 Å². The van der Waals surface area contributed by atoms with E-state index in [1.54, 1.807) is 0 Å². The van der Waals surface area contributed by atoms with Crippen LogP contribution in [0.5, 0.6) is 0 Å². The molecule has 0 rings (SSSR count). The van der Waals surface area contributed by atoms with Crippen LogP contribution in [0.1, 0.15) is 40.0 Å². The minimum atomic E-state index is -0.813. The third-order valence-corrected chi connectivity index (χ3v) is 1.84. The van der Waals surface area contributed by atoms with Gasteiger partial charge in [0.05, 0.1) is 0 Å². The van der Waals surface area contributed by atoms with E-state index in [2.05, 4.69) is 0 Å². The SMILES string of the molecule is CC(=O)C[C@H](CC(=O)O)CC(C)C. The van der Waals surface area contributed by atoms with Gasteiger partial charge < -0.3 is 9.90 Å². The maximum atomic E-state index is 10.8. The maximum Gasteiger partial charge on any atom is 0.303 e. The van der Waals surface area contributed by atoms with Crippen molar-refractivity contribution in [3.63, 3.8) is 0 Å². The van der Waals surface area contributed by atoms with E-state index in [4.69, 9.17) is 5.11 Å². The summed E-state index contributed by atoms with van der Waals surface area (Å²) in [5.74, 6) is -0.280. The van der Waals surface area contributed by atoms with Crippen molar-refractivity contribution in [2.45, 2.75) is 40.0 Å². The molecule has 0 fully saturated rings. The molecule has 3 nitrogen and oxygen atoms in total. The second kappa shape index (κ2) is 5.73. The molecule has 0 aliphatic carbocycles. The summed E-state index contributed by atoms with van der Waals surface area (Å²) in [5, 5.41) is 8.60. The minimum absolute atomic E-state index is 0.00926. The molecule has 0 saturated carbocycles. The lowest BCUT2D eigenvalue weighted by Crippen LogP contribution is -2.13. The highest BCUT2D eigenvalue weighted by molar-refractivity contribution is 5.76. The lowest BCUT2D eigenvalue weighted by atomic mass is 9.90. The van der Waals surface area contributed by atoms with Crippen LogP contribution in [-0.2, 0) is 9.59 Å². The summed E-state index contributed by atoms with van der Waals surface area (Å²) in [7, 11) is 0. The van der Waals surface area contributed by atoms with Crippen molar-refractivity contribution in [3.05, 3.63) is 0 Å². The van der Waals surface area contributed by atoms with Gasteiger partial charge in [-0.15, -0.1) is 0 Å². The fraction of sp³-hybridized carbons (Fsp3) is 0.800. The zero-order valence-electron chi connectivity index (χ0n) is 8.54. The van der Waals surface area contributed by atoms with Crippen LogP contribution in [0.2, 0.25) is 0 Å².